The van der Waals surface area contributed by atoms with Crippen LogP contribution in [0.25, 0.3) is 0 Å². The Balaban J connectivity index is 2.10. The molecule has 1 aliphatic carbocycles. The molecule has 0 aliphatic heterocycles. The first-order chi connectivity index (χ1) is 9.39. The van der Waals surface area contributed by atoms with E-state index >= 15 is 0 Å². The van der Waals surface area contributed by atoms with Crippen LogP contribution in [0.3, 0.4) is 0 Å². The largest absolute Gasteiger partial charge is 0.478 e. The molecule has 0 amide bonds. The van der Waals surface area contributed by atoms with Crippen LogP contribution < -0.4 is 5.32 Å². The quantitative estimate of drug-likeness (QED) is 0.800. The summed E-state index contributed by atoms with van der Waals surface area (Å²) in [6, 6.07) is 5.93. The van der Waals surface area contributed by atoms with Crippen molar-refractivity contribution in [3.63, 3.8) is 0 Å². The highest BCUT2D eigenvalue weighted by molar-refractivity contribution is 5.91. The lowest BCUT2D eigenvalue weighted by molar-refractivity contribution is 0.0696. The first-order valence-corrected chi connectivity index (χ1v) is 7.48. The molecule has 3 nitrogen and oxygen atoms in total. The standard InChI is InChI=1S/C17H25NO2/c1-12-14(16(19)20)7-4-8-15(12)18-13-6-5-10-17(2,3)11-9-13/h4,7-8,13,18H,5-6,9-11H2,1-3H3,(H,19,20). The molecule has 2 N–H and O–H groups in total. The predicted octanol–water partition coefficient (Wildman–Crippen LogP) is 4.46. The number of carboxylic acid groups (broad SMARTS) is 1. The number of rotatable bonds is 3. The molecule has 0 saturated heterocycles. The van der Waals surface area contributed by atoms with Crippen LogP contribution in [-0.2, 0) is 0 Å². The van der Waals surface area contributed by atoms with Crippen molar-refractivity contribution in [1.29, 1.82) is 0 Å². The minimum Gasteiger partial charge on any atom is -0.478 e. The second kappa shape index (κ2) is 5.86. The zero-order valence-electron chi connectivity index (χ0n) is 12.7. The molecule has 1 saturated carbocycles. The van der Waals surface area contributed by atoms with Gasteiger partial charge in [0.1, 0.15) is 0 Å². The van der Waals surface area contributed by atoms with Crippen LogP contribution in [0.5, 0.6) is 0 Å². The van der Waals surface area contributed by atoms with Gasteiger partial charge in [-0.25, -0.2) is 4.79 Å². The second-order valence-corrected chi connectivity index (χ2v) is 6.72. The third-order valence-electron chi connectivity index (χ3n) is 4.50. The van der Waals surface area contributed by atoms with Crippen molar-refractivity contribution in [1.82, 2.24) is 0 Å². The van der Waals surface area contributed by atoms with Crippen LogP contribution in [0.2, 0.25) is 0 Å². The van der Waals surface area contributed by atoms with Gasteiger partial charge in [-0.2, -0.15) is 0 Å². The SMILES string of the molecule is Cc1c(NC2CCCC(C)(C)CC2)cccc1C(=O)O. The van der Waals surface area contributed by atoms with E-state index in [0.717, 1.165) is 17.7 Å². The average molecular weight is 275 g/mol. The molecule has 1 atom stereocenters. The number of benzene rings is 1. The lowest BCUT2D eigenvalue weighted by atomic mass is 9.85. The topological polar surface area (TPSA) is 49.3 Å². The van der Waals surface area contributed by atoms with Crippen molar-refractivity contribution in [2.75, 3.05) is 5.32 Å². The number of aromatic carboxylic acids is 1. The molecule has 0 spiro atoms. The number of hydrogen-bond acceptors (Lipinski definition) is 2. The molecule has 1 aromatic carbocycles. The first kappa shape index (κ1) is 14.9. The maximum absolute atomic E-state index is 11.2. The highest BCUT2D eigenvalue weighted by Gasteiger charge is 2.24. The summed E-state index contributed by atoms with van der Waals surface area (Å²) in [5, 5.41) is 12.7. The van der Waals surface area contributed by atoms with E-state index in [-0.39, 0.29) is 0 Å². The maximum Gasteiger partial charge on any atom is 0.336 e. The van der Waals surface area contributed by atoms with Gasteiger partial charge in [0.05, 0.1) is 5.56 Å². The highest BCUT2D eigenvalue weighted by Crippen LogP contribution is 2.35. The lowest BCUT2D eigenvalue weighted by Crippen LogP contribution is -2.20. The number of hydrogen-bond donors (Lipinski definition) is 2. The number of anilines is 1. The minimum absolute atomic E-state index is 0.393. The van der Waals surface area contributed by atoms with Gasteiger partial charge in [-0.05, 0) is 55.7 Å². The third-order valence-corrected chi connectivity index (χ3v) is 4.50. The second-order valence-electron chi connectivity index (χ2n) is 6.72. The van der Waals surface area contributed by atoms with E-state index in [0.29, 0.717) is 17.0 Å². The van der Waals surface area contributed by atoms with Crippen molar-refractivity contribution in [3.8, 4) is 0 Å². The van der Waals surface area contributed by atoms with E-state index in [1.54, 1.807) is 6.07 Å². The predicted molar refractivity (Wildman–Crippen MR) is 82.4 cm³/mol. The number of nitrogens with one attached hydrogen (secondary N) is 1. The van der Waals surface area contributed by atoms with Gasteiger partial charge < -0.3 is 10.4 Å². The molecule has 0 heterocycles. The fourth-order valence-electron chi connectivity index (χ4n) is 3.05. The summed E-state index contributed by atoms with van der Waals surface area (Å²) < 4.78 is 0. The Morgan fingerprint density at radius 3 is 2.75 bits per heavy atom. The van der Waals surface area contributed by atoms with E-state index < -0.39 is 5.97 Å². The molecule has 110 valence electrons. The number of carbonyl (C=O) groups is 1. The molecule has 1 aliphatic rings. The molecule has 1 aromatic rings. The zero-order valence-corrected chi connectivity index (χ0v) is 12.7. The summed E-state index contributed by atoms with van der Waals surface area (Å²) in [5.41, 5.74) is 2.64. The van der Waals surface area contributed by atoms with E-state index in [9.17, 15) is 9.90 Å². The van der Waals surface area contributed by atoms with Gasteiger partial charge in [-0.1, -0.05) is 26.3 Å². The van der Waals surface area contributed by atoms with Gasteiger partial charge >= 0.3 is 5.97 Å². The molecule has 1 unspecified atom stereocenters. The monoisotopic (exact) mass is 275 g/mol. The Bertz CT molecular complexity index is 494. The fourth-order valence-corrected chi connectivity index (χ4v) is 3.05. The number of carboxylic acids is 1. The van der Waals surface area contributed by atoms with Crippen LogP contribution in [0, 0.1) is 12.3 Å². The van der Waals surface area contributed by atoms with E-state index in [2.05, 4.69) is 19.2 Å². The van der Waals surface area contributed by atoms with Crippen molar-refractivity contribution >= 4 is 11.7 Å². The molecule has 0 aromatic heterocycles. The molecule has 20 heavy (non-hydrogen) atoms. The van der Waals surface area contributed by atoms with Crippen LogP contribution in [-0.4, -0.2) is 17.1 Å². The zero-order chi connectivity index (χ0) is 14.8. The van der Waals surface area contributed by atoms with E-state index in [4.69, 9.17) is 0 Å². The average Bonchev–Trinajstić information content (AvgIpc) is 2.53. The van der Waals surface area contributed by atoms with Crippen LogP contribution in [0.15, 0.2) is 18.2 Å². The minimum atomic E-state index is -0.854. The van der Waals surface area contributed by atoms with Crippen molar-refractivity contribution in [2.45, 2.75) is 58.9 Å². The first-order valence-electron chi connectivity index (χ1n) is 7.48. The summed E-state index contributed by atoms with van der Waals surface area (Å²) in [6.07, 6.45) is 6.06. The van der Waals surface area contributed by atoms with Gasteiger partial charge in [-0.3, -0.25) is 0 Å². The van der Waals surface area contributed by atoms with Gasteiger partial charge in [0, 0.05) is 11.7 Å². The summed E-state index contributed by atoms with van der Waals surface area (Å²) >= 11 is 0. The third kappa shape index (κ3) is 3.53. The molecule has 1 fully saturated rings. The fraction of sp³-hybridized carbons (Fsp3) is 0.588. The van der Waals surface area contributed by atoms with E-state index in [1.807, 2.05) is 19.1 Å². The Morgan fingerprint density at radius 1 is 1.30 bits per heavy atom. The molecular weight excluding hydrogens is 250 g/mol. The Labute approximate surface area is 121 Å². The summed E-state index contributed by atoms with van der Waals surface area (Å²) in [6.45, 7) is 6.56. The highest BCUT2D eigenvalue weighted by atomic mass is 16.4. The van der Waals surface area contributed by atoms with Crippen LogP contribution in [0.1, 0.15) is 61.9 Å². The molecule has 0 radical (unpaired) electrons. The smallest absolute Gasteiger partial charge is 0.336 e. The van der Waals surface area contributed by atoms with Crippen molar-refractivity contribution < 1.29 is 9.90 Å². The molecular formula is C17H25NO2. The van der Waals surface area contributed by atoms with Gasteiger partial charge in [0.15, 0.2) is 0 Å². The summed E-state index contributed by atoms with van der Waals surface area (Å²) in [4.78, 5) is 11.2. The van der Waals surface area contributed by atoms with Crippen molar-refractivity contribution in [3.05, 3.63) is 29.3 Å². The molecule has 0 bridgehead atoms. The Hall–Kier alpha value is -1.51. The van der Waals surface area contributed by atoms with Crippen molar-refractivity contribution in [2.24, 2.45) is 5.41 Å². The van der Waals surface area contributed by atoms with Gasteiger partial charge in [0.2, 0.25) is 0 Å². The Kier molecular flexibility index (Phi) is 4.36. The van der Waals surface area contributed by atoms with E-state index in [1.165, 1.54) is 25.7 Å². The summed E-state index contributed by atoms with van der Waals surface area (Å²) in [7, 11) is 0. The van der Waals surface area contributed by atoms with Gasteiger partial charge in [-0.15, -0.1) is 0 Å². The lowest BCUT2D eigenvalue weighted by Gasteiger charge is -2.23. The van der Waals surface area contributed by atoms with Gasteiger partial charge in [0.25, 0.3) is 0 Å². The molecule has 2 rings (SSSR count). The Morgan fingerprint density at radius 2 is 2.05 bits per heavy atom. The maximum atomic E-state index is 11.2. The normalized spacial score (nSPS) is 22.1. The van der Waals surface area contributed by atoms with Crippen LogP contribution >= 0.6 is 0 Å². The molecule has 3 heteroatoms. The van der Waals surface area contributed by atoms with Crippen LogP contribution in [0.4, 0.5) is 5.69 Å². The summed E-state index contributed by atoms with van der Waals surface area (Å²) in [5.74, 6) is -0.854.